The van der Waals surface area contributed by atoms with Gasteiger partial charge < -0.3 is 0 Å². The first kappa shape index (κ1) is 30.4. The van der Waals surface area contributed by atoms with Crippen LogP contribution < -0.4 is 5.43 Å². The molecule has 1 aromatic heterocycles. The Labute approximate surface area is 297 Å². The van der Waals surface area contributed by atoms with E-state index < -0.39 is 0 Å². The van der Waals surface area contributed by atoms with E-state index >= 15 is 0 Å². The van der Waals surface area contributed by atoms with Crippen molar-refractivity contribution in [2.45, 2.75) is 12.8 Å². The van der Waals surface area contributed by atoms with E-state index in [-0.39, 0.29) is 0 Å². The van der Waals surface area contributed by atoms with Gasteiger partial charge in [0.2, 0.25) is 0 Å². The van der Waals surface area contributed by atoms with Gasteiger partial charge in [-0.05, 0) is 116 Å². The number of hydrazone groups is 1. The van der Waals surface area contributed by atoms with Gasteiger partial charge in [0.25, 0.3) is 0 Å². The molecule has 0 saturated carbocycles. The molecule has 4 heteroatoms. The molecule has 0 radical (unpaired) electrons. The van der Waals surface area contributed by atoms with Crippen LogP contribution in [-0.2, 0) is 6.42 Å². The normalized spacial score (nSPS) is 14.5. The zero-order chi connectivity index (χ0) is 34.1. The number of aromatic nitrogens is 1. The molecule has 0 atom stereocenters. The van der Waals surface area contributed by atoms with Gasteiger partial charge in [-0.2, -0.15) is 5.10 Å². The van der Waals surface area contributed by atoms with Crippen molar-refractivity contribution in [1.29, 1.82) is 5.41 Å². The van der Waals surface area contributed by atoms with Crippen molar-refractivity contribution < 1.29 is 0 Å². The molecule has 0 saturated heterocycles. The third-order valence-corrected chi connectivity index (χ3v) is 9.87. The molecule has 51 heavy (non-hydrogen) atoms. The summed E-state index contributed by atoms with van der Waals surface area (Å²) in [5, 5.41) is 17.1. The van der Waals surface area contributed by atoms with Crippen molar-refractivity contribution in [1.82, 2.24) is 4.98 Å². The topological polar surface area (TPSA) is 61.1 Å². The van der Waals surface area contributed by atoms with Crippen LogP contribution in [0.4, 0.5) is 5.69 Å². The molecule has 2 N–H and O–H groups in total. The highest BCUT2D eigenvalue weighted by molar-refractivity contribution is 6.51. The Morgan fingerprint density at radius 1 is 0.608 bits per heavy atom. The van der Waals surface area contributed by atoms with Gasteiger partial charge in [-0.15, -0.1) is 0 Å². The van der Waals surface area contributed by atoms with Gasteiger partial charge in [-0.3, -0.25) is 15.8 Å². The van der Waals surface area contributed by atoms with Gasteiger partial charge in [0.15, 0.2) is 0 Å². The molecule has 6 aromatic carbocycles. The maximum atomic E-state index is 8.84. The number of para-hydroxylation sites is 1. The Balaban J connectivity index is 0.989. The summed E-state index contributed by atoms with van der Waals surface area (Å²) in [5.74, 6) is 0. The molecule has 1 heterocycles. The lowest BCUT2D eigenvalue weighted by atomic mass is 9.80. The predicted molar refractivity (Wildman–Crippen MR) is 215 cm³/mol. The average molecular weight is 655 g/mol. The maximum Gasteiger partial charge on any atom is 0.108 e. The van der Waals surface area contributed by atoms with Crippen molar-refractivity contribution in [2.24, 2.45) is 5.10 Å². The summed E-state index contributed by atoms with van der Waals surface area (Å²) in [6.07, 6.45) is 14.5. The highest BCUT2D eigenvalue weighted by Crippen LogP contribution is 2.45. The molecule has 0 unspecified atom stereocenters. The van der Waals surface area contributed by atoms with Gasteiger partial charge in [0.1, 0.15) is 5.71 Å². The van der Waals surface area contributed by atoms with E-state index in [0.717, 1.165) is 51.7 Å². The number of hydrogen-bond acceptors (Lipinski definition) is 4. The van der Waals surface area contributed by atoms with Crippen LogP contribution in [0.5, 0.6) is 0 Å². The van der Waals surface area contributed by atoms with Gasteiger partial charge in [0.05, 0.1) is 16.9 Å². The number of nitrogens with zero attached hydrogens (tertiary/aromatic N) is 2. The first-order valence-electron chi connectivity index (χ1n) is 17.4. The van der Waals surface area contributed by atoms with Crippen molar-refractivity contribution in [2.75, 3.05) is 5.43 Å². The molecule has 4 nitrogen and oxygen atoms in total. The van der Waals surface area contributed by atoms with Crippen molar-refractivity contribution in [3.8, 4) is 33.4 Å². The van der Waals surface area contributed by atoms with E-state index in [9.17, 15) is 0 Å². The lowest BCUT2D eigenvalue weighted by molar-refractivity contribution is 0.991. The number of pyridine rings is 1. The van der Waals surface area contributed by atoms with Crippen molar-refractivity contribution in [3.05, 3.63) is 181 Å². The molecular formula is C47H34N4. The molecule has 0 spiro atoms. The Kier molecular flexibility index (Phi) is 7.75. The van der Waals surface area contributed by atoms with E-state index in [0.29, 0.717) is 11.4 Å². The third kappa shape index (κ3) is 5.77. The minimum atomic E-state index is 0.363. The van der Waals surface area contributed by atoms with Gasteiger partial charge >= 0.3 is 0 Å². The van der Waals surface area contributed by atoms with Gasteiger partial charge in [-0.1, -0.05) is 121 Å². The number of fused-ring (bicyclic) bond motifs is 3. The van der Waals surface area contributed by atoms with Crippen LogP contribution in [0.15, 0.2) is 169 Å². The summed E-state index contributed by atoms with van der Waals surface area (Å²) < 4.78 is 0. The first-order valence-corrected chi connectivity index (χ1v) is 17.4. The number of hydrogen-bond donors (Lipinski definition) is 2. The Hall–Kier alpha value is -6.65. The summed E-state index contributed by atoms with van der Waals surface area (Å²) in [4.78, 5) is 4.60. The fraction of sp³-hybridized carbons (Fsp3) is 0.0426. The molecular weight excluding hydrogens is 621 g/mol. The van der Waals surface area contributed by atoms with E-state index in [2.05, 4.69) is 137 Å². The zero-order valence-corrected chi connectivity index (χ0v) is 28.0. The lowest BCUT2D eigenvalue weighted by Crippen LogP contribution is -2.13. The molecule has 2 aliphatic carbocycles. The monoisotopic (exact) mass is 654 g/mol. The summed E-state index contributed by atoms with van der Waals surface area (Å²) >= 11 is 0. The molecule has 9 rings (SSSR count). The highest BCUT2D eigenvalue weighted by Gasteiger charge is 2.22. The summed E-state index contributed by atoms with van der Waals surface area (Å²) in [5.41, 5.74) is 17.9. The van der Waals surface area contributed by atoms with Crippen LogP contribution in [0.2, 0.25) is 0 Å². The summed E-state index contributed by atoms with van der Waals surface area (Å²) in [6, 6.07) is 46.8. The van der Waals surface area contributed by atoms with E-state index in [1.807, 2.05) is 48.7 Å². The maximum absolute atomic E-state index is 8.84. The van der Waals surface area contributed by atoms with Crippen LogP contribution in [0, 0.1) is 5.41 Å². The molecule has 7 aromatic rings. The molecule has 242 valence electrons. The zero-order valence-electron chi connectivity index (χ0n) is 28.0. The Morgan fingerprint density at radius 3 is 2.20 bits per heavy atom. The predicted octanol–water partition coefficient (Wildman–Crippen LogP) is 11.8. The number of benzene rings is 6. The first-order chi connectivity index (χ1) is 25.2. The van der Waals surface area contributed by atoms with Gasteiger partial charge in [-0.25, -0.2) is 0 Å². The van der Waals surface area contributed by atoms with Crippen LogP contribution >= 0.6 is 0 Å². The highest BCUT2D eigenvalue weighted by atomic mass is 15.3. The lowest BCUT2D eigenvalue weighted by Gasteiger charge is -2.24. The van der Waals surface area contributed by atoms with Crippen molar-refractivity contribution >= 4 is 50.4 Å². The quantitative estimate of drug-likeness (QED) is 0.138. The number of nitrogens with one attached hydrogen (secondary N) is 2. The van der Waals surface area contributed by atoms with Crippen LogP contribution in [0.1, 0.15) is 23.1 Å². The fourth-order valence-corrected chi connectivity index (χ4v) is 7.39. The largest absolute Gasteiger partial charge is 0.299 e. The SMILES string of the molecule is N=C1C=C(c2cccc(-c3c4c(c(-c5ccccc5)c5ccccc35)CCC=C4)c2)C=C/C1=N/Nc1ccc(-c2cnc3ccccc3c2)cc1. The van der Waals surface area contributed by atoms with E-state index in [4.69, 9.17) is 5.41 Å². The standard InChI is InChI=1S/C47H34N4/c48-43-29-34(23-26-45(43)51-50-38-24-21-31(22-25-38)37-28-35-13-4-9-20-44(35)49-30-37)33-14-10-15-36(27-33)47-41-18-7-5-16-39(41)46(32-11-2-1-3-12-32)40-17-6-8-19-42(40)47/h1-5,7-16,18-30,48,50H,6,17H2/b48-43?,51-45-. The molecule has 0 amide bonds. The molecule has 2 aliphatic rings. The van der Waals surface area contributed by atoms with E-state index in [1.165, 1.54) is 44.2 Å². The average Bonchev–Trinajstić information content (AvgIpc) is 3.20. The second kappa shape index (κ2) is 13.0. The second-order valence-electron chi connectivity index (χ2n) is 13.0. The molecule has 0 fully saturated rings. The van der Waals surface area contributed by atoms with Crippen molar-refractivity contribution in [3.63, 3.8) is 0 Å². The summed E-state index contributed by atoms with van der Waals surface area (Å²) in [6.45, 7) is 0. The second-order valence-corrected chi connectivity index (χ2v) is 13.0. The minimum Gasteiger partial charge on any atom is -0.299 e. The van der Waals surface area contributed by atoms with Crippen LogP contribution in [0.3, 0.4) is 0 Å². The molecule has 0 bridgehead atoms. The van der Waals surface area contributed by atoms with E-state index in [1.54, 1.807) is 0 Å². The summed E-state index contributed by atoms with van der Waals surface area (Å²) in [7, 11) is 0. The molecule has 0 aliphatic heterocycles. The minimum absolute atomic E-state index is 0.363. The number of allylic oxidation sites excluding steroid dienone is 5. The number of anilines is 1. The smallest absolute Gasteiger partial charge is 0.108 e. The van der Waals surface area contributed by atoms with Gasteiger partial charge in [0, 0.05) is 17.1 Å². The Bertz CT molecular complexity index is 2610. The van der Waals surface area contributed by atoms with Crippen LogP contribution in [-0.4, -0.2) is 16.4 Å². The Morgan fingerprint density at radius 2 is 1.35 bits per heavy atom. The van der Waals surface area contributed by atoms with Crippen LogP contribution in [0.25, 0.3) is 66.7 Å². The fourth-order valence-electron chi connectivity index (χ4n) is 7.39. The third-order valence-electron chi connectivity index (χ3n) is 9.87. The number of rotatable bonds is 6.